The molecular formula is C20H18F3N3OS2. The van der Waals surface area contributed by atoms with Gasteiger partial charge in [0.1, 0.15) is 5.01 Å². The summed E-state index contributed by atoms with van der Waals surface area (Å²) >= 11 is 3.29. The Morgan fingerprint density at radius 2 is 1.76 bits per heavy atom. The molecule has 4 nitrogen and oxygen atoms in total. The van der Waals surface area contributed by atoms with E-state index in [2.05, 4.69) is 16.3 Å². The van der Waals surface area contributed by atoms with Gasteiger partial charge in [0.15, 0.2) is 0 Å². The van der Waals surface area contributed by atoms with Crippen molar-refractivity contribution in [3.05, 3.63) is 63.3 Å². The predicted molar refractivity (Wildman–Crippen MR) is 108 cm³/mol. The smallest absolute Gasteiger partial charge is 0.336 e. The largest absolute Gasteiger partial charge is 0.416 e. The number of hydrogen-bond donors (Lipinski definition) is 0. The lowest BCUT2D eigenvalue weighted by molar-refractivity contribution is -0.137. The summed E-state index contributed by atoms with van der Waals surface area (Å²) in [5.74, 6) is -0.229. The number of piperazine rings is 1. The lowest BCUT2D eigenvalue weighted by atomic mass is 10.1. The maximum absolute atomic E-state index is 12.7. The molecule has 0 N–H and O–H groups in total. The van der Waals surface area contributed by atoms with E-state index in [-0.39, 0.29) is 11.5 Å². The van der Waals surface area contributed by atoms with Crippen LogP contribution in [0.25, 0.3) is 10.6 Å². The molecule has 152 valence electrons. The van der Waals surface area contributed by atoms with Gasteiger partial charge < -0.3 is 4.90 Å². The summed E-state index contributed by atoms with van der Waals surface area (Å²) < 4.78 is 38.0. The highest BCUT2D eigenvalue weighted by Gasteiger charge is 2.30. The van der Waals surface area contributed by atoms with Crippen LogP contribution in [0.4, 0.5) is 13.2 Å². The number of thiazole rings is 1. The molecule has 29 heavy (non-hydrogen) atoms. The van der Waals surface area contributed by atoms with Gasteiger partial charge in [0, 0.05) is 37.1 Å². The quantitative estimate of drug-likeness (QED) is 0.586. The molecule has 0 aliphatic carbocycles. The average molecular weight is 438 g/mol. The van der Waals surface area contributed by atoms with Crippen LogP contribution in [0.5, 0.6) is 0 Å². The number of alkyl halides is 3. The van der Waals surface area contributed by atoms with Crippen molar-refractivity contribution in [1.82, 2.24) is 14.8 Å². The molecule has 1 saturated heterocycles. The maximum atomic E-state index is 12.7. The standard InChI is InChI=1S/C20H18F3N3OS2/c21-20(22,23)15-5-3-14(4-6-15)19(27)26-9-7-25(8-10-26)12-18-24-16(13-29-18)17-2-1-11-28-17/h1-6,11,13H,7-10,12H2. The van der Waals surface area contributed by atoms with Crippen molar-refractivity contribution in [2.75, 3.05) is 26.2 Å². The zero-order valence-electron chi connectivity index (χ0n) is 15.4. The fourth-order valence-electron chi connectivity index (χ4n) is 3.21. The molecule has 0 atom stereocenters. The number of halogens is 3. The average Bonchev–Trinajstić information content (AvgIpc) is 3.39. The summed E-state index contributed by atoms with van der Waals surface area (Å²) in [4.78, 5) is 22.4. The molecule has 0 spiro atoms. The highest BCUT2D eigenvalue weighted by Crippen LogP contribution is 2.29. The number of benzene rings is 1. The molecule has 0 saturated carbocycles. The van der Waals surface area contributed by atoms with Gasteiger partial charge in [-0.05, 0) is 35.7 Å². The van der Waals surface area contributed by atoms with Gasteiger partial charge in [-0.3, -0.25) is 9.69 Å². The molecule has 3 heterocycles. The molecule has 1 aliphatic heterocycles. The van der Waals surface area contributed by atoms with Crippen LogP contribution in [0.2, 0.25) is 0 Å². The molecule has 1 aromatic carbocycles. The van der Waals surface area contributed by atoms with E-state index in [1.807, 2.05) is 11.4 Å². The van der Waals surface area contributed by atoms with Crippen LogP contribution in [0, 0.1) is 0 Å². The summed E-state index contributed by atoms with van der Waals surface area (Å²) in [7, 11) is 0. The van der Waals surface area contributed by atoms with E-state index in [9.17, 15) is 18.0 Å². The lowest BCUT2D eigenvalue weighted by Gasteiger charge is -2.34. The monoisotopic (exact) mass is 437 g/mol. The molecule has 0 unspecified atom stereocenters. The minimum Gasteiger partial charge on any atom is -0.336 e. The highest BCUT2D eigenvalue weighted by molar-refractivity contribution is 7.14. The van der Waals surface area contributed by atoms with Crippen LogP contribution < -0.4 is 0 Å². The second-order valence-electron chi connectivity index (χ2n) is 6.75. The van der Waals surface area contributed by atoms with Gasteiger partial charge in [-0.1, -0.05) is 6.07 Å². The molecular weight excluding hydrogens is 419 g/mol. The minimum absolute atomic E-state index is 0.229. The van der Waals surface area contributed by atoms with Crippen LogP contribution in [0.1, 0.15) is 20.9 Å². The second-order valence-corrected chi connectivity index (χ2v) is 8.64. The third kappa shape index (κ3) is 4.68. The maximum Gasteiger partial charge on any atom is 0.416 e. The molecule has 0 radical (unpaired) electrons. The number of rotatable bonds is 4. The van der Waals surface area contributed by atoms with Crippen molar-refractivity contribution >= 4 is 28.6 Å². The minimum atomic E-state index is -4.40. The van der Waals surface area contributed by atoms with E-state index >= 15 is 0 Å². The summed E-state index contributed by atoms with van der Waals surface area (Å²) in [6.45, 7) is 3.24. The molecule has 9 heteroatoms. The first-order valence-electron chi connectivity index (χ1n) is 9.07. The van der Waals surface area contributed by atoms with Gasteiger partial charge in [0.25, 0.3) is 5.91 Å². The van der Waals surface area contributed by atoms with Crippen molar-refractivity contribution < 1.29 is 18.0 Å². The van der Waals surface area contributed by atoms with Crippen molar-refractivity contribution in [3.63, 3.8) is 0 Å². The van der Waals surface area contributed by atoms with Crippen LogP contribution in [0.3, 0.4) is 0 Å². The Hall–Kier alpha value is -2.23. The summed E-state index contributed by atoms with van der Waals surface area (Å²) in [5.41, 5.74) is 0.535. The topological polar surface area (TPSA) is 36.4 Å². The number of thiophene rings is 1. The van der Waals surface area contributed by atoms with Crippen LogP contribution >= 0.6 is 22.7 Å². The molecule has 0 bridgehead atoms. The van der Waals surface area contributed by atoms with Crippen LogP contribution in [-0.4, -0.2) is 46.9 Å². The fourth-order valence-corrected chi connectivity index (χ4v) is 4.80. The Labute approximate surface area is 174 Å². The van der Waals surface area contributed by atoms with Gasteiger partial charge in [-0.15, -0.1) is 22.7 Å². The van der Waals surface area contributed by atoms with Crippen LogP contribution in [0.15, 0.2) is 47.2 Å². The first kappa shape index (κ1) is 20.1. The van der Waals surface area contributed by atoms with E-state index < -0.39 is 11.7 Å². The summed E-state index contributed by atoms with van der Waals surface area (Å²) in [5, 5.41) is 5.13. The van der Waals surface area contributed by atoms with E-state index in [1.54, 1.807) is 27.6 Å². The summed E-state index contributed by atoms with van der Waals surface area (Å²) in [6.07, 6.45) is -4.40. The van der Waals surface area contributed by atoms with Crippen molar-refractivity contribution in [2.24, 2.45) is 0 Å². The van der Waals surface area contributed by atoms with Gasteiger partial charge in [-0.25, -0.2) is 4.98 Å². The zero-order chi connectivity index (χ0) is 20.4. The first-order chi connectivity index (χ1) is 13.9. The Morgan fingerprint density at radius 1 is 1.03 bits per heavy atom. The van der Waals surface area contributed by atoms with Crippen molar-refractivity contribution in [1.29, 1.82) is 0 Å². The van der Waals surface area contributed by atoms with Crippen molar-refractivity contribution in [2.45, 2.75) is 12.7 Å². The lowest BCUT2D eigenvalue weighted by Crippen LogP contribution is -2.48. The Morgan fingerprint density at radius 3 is 2.38 bits per heavy atom. The highest BCUT2D eigenvalue weighted by atomic mass is 32.1. The first-order valence-corrected chi connectivity index (χ1v) is 10.8. The number of nitrogens with zero attached hydrogens (tertiary/aromatic N) is 3. The Kier molecular flexibility index (Phi) is 5.71. The summed E-state index contributed by atoms with van der Waals surface area (Å²) in [6, 6.07) is 8.47. The number of carbonyl (C=O) groups is 1. The number of carbonyl (C=O) groups excluding carboxylic acids is 1. The number of hydrogen-bond acceptors (Lipinski definition) is 5. The fraction of sp³-hybridized carbons (Fsp3) is 0.300. The van der Waals surface area contributed by atoms with Gasteiger partial charge in [-0.2, -0.15) is 13.2 Å². The van der Waals surface area contributed by atoms with Gasteiger partial charge in [0.2, 0.25) is 0 Å². The van der Waals surface area contributed by atoms with E-state index in [1.165, 1.54) is 12.1 Å². The third-order valence-electron chi connectivity index (χ3n) is 4.80. The SMILES string of the molecule is O=C(c1ccc(C(F)(F)F)cc1)N1CCN(Cc2nc(-c3cccs3)cs2)CC1. The van der Waals surface area contributed by atoms with Crippen LogP contribution in [-0.2, 0) is 12.7 Å². The van der Waals surface area contributed by atoms with Gasteiger partial charge >= 0.3 is 6.18 Å². The number of amides is 1. The molecule has 1 fully saturated rings. The third-order valence-corrected chi connectivity index (χ3v) is 6.53. The van der Waals surface area contributed by atoms with E-state index in [4.69, 9.17) is 4.98 Å². The Bertz CT molecular complexity index is 960. The number of aromatic nitrogens is 1. The normalized spacial score (nSPS) is 15.6. The zero-order valence-corrected chi connectivity index (χ0v) is 17.0. The van der Waals surface area contributed by atoms with E-state index in [0.29, 0.717) is 26.2 Å². The van der Waals surface area contributed by atoms with Crippen molar-refractivity contribution in [3.8, 4) is 10.6 Å². The molecule has 1 aliphatic rings. The molecule has 2 aromatic heterocycles. The predicted octanol–water partition coefficient (Wildman–Crippen LogP) is 4.85. The molecule has 4 rings (SSSR count). The van der Waals surface area contributed by atoms with E-state index in [0.717, 1.165) is 34.3 Å². The Balaban J connectivity index is 1.31. The second kappa shape index (κ2) is 8.25. The molecule has 3 aromatic rings. The molecule has 1 amide bonds. The van der Waals surface area contributed by atoms with Gasteiger partial charge in [0.05, 0.1) is 22.7 Å².